The summed E-state index contributed by atoms with van der Waals surface area (Å²) in [5.74, 6) is -0.281. The average molecular weight is 468 g/mol. The smallest absolute Gasteiger partial charge is 0.338 e. The molecule has 7 nitrogen and oxygen atoms in total. The number of piperazine rings is 1. The Morgan fingerprint density at radius 3 is 2.50 bits per heavy atom. The van der Waals surface area contributed by atoms with Crippen molar-refractivity contribution in [2.45, 2.75) is 32.5 Å². The Balaban J connectivity index is 1.33. The van der Waals surface area contributed by atoms with Gasteiger partial charge in [0.2, 0.25) is 0 Å². The molecule has 0 radical (unpaired) electrons. The summed E-state index contributed by atoms with van der Waals surface area (Å²) in [6.07, 6.45) is -1.01. The van der Waals surface area contributed by atoms with Crippen LogP contribution in [-0.4, -0.2) is 67.3 Å². The number of ether oxygens (including phenoxy) is 2. The quantitative estimate of drug-likeness (QED) is 0.626. The molecule has 1 fully saturated rings. The first-order chi connectivity index (χ1) is 16.3. The lowest BCUT2D eigenvalue weighted by Gasteiger charge is -2.37. The number of fused-ring (bicyclic) bond motifs is 1. The third-order valence-corrected chi connectivity index (χ3v) is 6.97. The van der Waals surface area contributed by atoms with E-state index >= 15 is 0 Å². The summed E-state index contributed by atoms with van der Waals surface area (Å²) in [5, 5.41) is 19.8. The average Bonchev–Trinajstić information content (AvgIpc) is 3.21. The summed E-state index contributed by atoms with van der Waals surface area (Å²) in [5.41, 5.74) is 4.30. The Labute approximate surface area is 199 Å². The SMILES string of the molecule is COc1cc(C(O)CN2CCN(CC(C)c3ccc4c(c3C)COC4=O)CC2)c(F)cc1C#N. The second-order valence-corrected chi connectivity index (χ2v) is 9.09. The van der Waals surface area contributed by atoms with Gasteiger partial charge in [0.05, 0.1) is 24.3 Å². The van der Waals surface area contributed by atoms with E-state index < -0.39 is 11.9 Å². The van der Waals surface area contributed by atoms with Crippen molar-refractivity contribution >= 4 is 5.97 Å². The minimum Gasteiger partial charge on any atom is -0.495 e. The summed E-state index contributed by atoms with van der Waals surface area (Å²) in [6, 6.07) is 8.34. The van der Waals surface area contributed by atoms with Crippen molar-refractivity contribution in [3.05, 3.63) is 63.5 Å². The first-order valence-electron chi connectivity index (χ1n) is 11.5. The molecule has 2 aliphatic rings. The summed E-state index contributed by atoms with van der Waals surface area (Å²) in [7, 11) is 1.42. The van der Waals surface area contributed by atoms with Crippen molar-refractivity contribution in [3.63, 3.8) is 0 Å². The molecular formula is C26H30FN3O4. The zero-order valence-corrected chi connectivity index (χ0v) is 19.8. The molecule has 34 heavy (non-hydrogen) atoms. The molecule has 2 aromatic carbocycles. The van der Waals surface area contributed by atoms with Crippen molar-refractivity contribution in [1.29, 1.82) is 5.26 Å². The minimum absolute atomic E-state index is 0.108. The van der Waals surface area contributed by atoms with Crippen LogP contribution in [0.15, 0.2) is 24.3 Å². The molecule has 2 atom stereocenters. The van der Waals surface area contributed by atoms with Gasteiger partial charge < -0.3 is 19.5 Å². The van der Waals surface area contributed by atoms with Gasteiger partial charge in [0.15, 0.2) is 0 Å². The van der Waals surface area contributed by atoms with E-state index in [0.29, 0.717) is 24.6 Å². The lowest BCUT2D eigenvalue weighted by atomic mass is 9.90. The number of esters is 1. The van der Waals surface area contributed by atoms with Gasteiger partial charge in [-0.25, -0.2) is 9.18 Å². The van der Waals surface area contributed by atoms with Crippen LogP contribution < -0.4 is 4.74 Å². The Morgan fingerprint density at radius 1 is 1.18 bits per heavy atom. The molecule has 0 aliphatic carbocycles. The normalized spacial score (nSPS) is 18.2. The lowest BCUT2D eigenvalue weighted by molar-refractivity contribution is 0.0534. The number of aliphatic hydroxyl groups is 1. The van der Waals surface area contributed by atoms with E-state index in [1.807, 2.05) is 18.2 Å². The number of hydrogen-bond donors (Lipinski definition) is 1. The molecule has 0 bridgehead atoms. The third-order valence-electron chi connectivity index (χ3n) is 6.97. The van der Waals surface area contributed by atoms with E-state index in [1.54, 1.807) is 0 Å². The Kier molecular flexibility index (Phi) is 7.17. The second-order valence-electron chi connectivity index (χ2n) is 9.09. The van der Waals surface area contributed by atoms with Crippen LogP contribution in [0.3, 0.4) is 0 Å². The monoisotopic (exact) mass is 467 g/mol. The van der Waals surface area contributed by atoms with Gasteiger partial charge in [0.1, 0.15) is 24.2 Å². The summed E-state index contributed by atoms with van der Waals surface area (Å²) >= 11 is 0. The van der Waals surface area contributed by atoms with Gasteiger partial charge >= 0.3 is 5.97 Å². The standard InChI is InChI=1S/C26H30FN3O4/c1-16(19-4-5-20-22(17(19)2)15-34-26(20)32)13-29-6-8-30(9-7-29)14-24(31)21-11-25(33-3)18(12-28)10-23(21)27/h4-5,10-11,16,24,31H,6-9,13-15H2,1-3H3. The highest BCUT2D eigenvalue weighted by Gasteiger charge is 2.27. The molecule has 4 rings (SSSR count). The van der Waals surface area contributed by atoms with Crippen molar-refractivity contribution in [1.82, 2.24) is 9.80 Å². The fourth-order valence-electron chi connectivity index (χ4n) is 4.97. The maximum absolute atomic E-state index is 14.4. The fourth-order valence-corrected chi connectivity index (χ4v) is 4.97. The number of nitriles is 1. The van der Waals surface area contributed by atoms with Gasteiger partial charge in [0, 0.05) is 50.4 Å². The molecule has 2 aromatic rings. The molecule has 2 heterocycles. The number of nitrogens with zero attached hydrogens (tertiary/aromatic N) is 3. The van der Waals surface area contributed by atoms with Crippen LogP contribution in [0.5, 0.6) is 5.75 Å². The topological polar surface area (TPSA) is 86.0 Å². The van der Waals surface area contributed by atoms with Gasteiger partial charge in [0.25, 0.3) is 0 Å². The molecule has 180 valence electrons. The number of cyclic esters (lactones) is 1. The third kappa shape index (κ3) is 4.78. The predicted octanol–water partition coefficient (Wildman–Crippen LogP) is 3.14. The van der Waals surface area contributed by atoms with Crippen molar-refractivity contribution in [2.75, 3.05) is 46.4 Å². The van der Waals surface area contributed by atoms with E-state index in [1.165, 1.54) is 18.7 Å². The zero-order chi connectivity index (χ0) is 24.4. The molecule has 2 unspecified atom stereocenters. The van der Waals surface area contributed by atoms with Crippen molar-refractivity contribution in [3.8, 4) is 11.8 Å². The Hall–Kier alpha value is -2.99. The number of carbonyl (C=O) groups excluding carboxylic acids is 1. The molecule has 1 saturated heterocycles. The van der Waals surface area contributed by atoms with Gasteiger partial charge in [-0.15, -0.1) is 0 Å². The molecule has 0 aromatic heterocycles. The summed E-state index contributed by atoms with van der Waals surface area (Å²) < 4.78 is 24.8. The number of β-amino-alcohol motifs (C(OH)–C–C–N with tert-alkyl or cyclic N) is 1. The molecule has 8 heteroatoms. The van der Waals surface area contributed by atoms with Crippen LogP contribution in [0.1, 0.15) is 57.1 Å². The first-order valence-corrected chi connectivity index (χ1v) is 11.5. The molecule has 0 amide bonds. The van der Waals surface area contributed by atoms with Crippen molar-refractivity contribution in [2.24, 2.45) is 0 Å². The molecular weight excluding hydrogens is 437 g/mol. The largest absolute Gasteiger partial charge is 0.495 e. The van der Waals surface area contributed by atoms with E-state index in [4.69, 9.17) is 14.7 Å². The number of benzene rings is 2. The number of methoxy groups -OCH3 is 1. The number of halogens is 1. The van der Waals surface area contributed by atoms with E-state index in [9.17, 15) is 14.3 Å². The maximum atomic E-state index is 14.4. The van der Waals surface area contributed by atoms with Crippen LogP contribution >= 0.6 is 0 Å². The van der Waals surface area contributed by atoms with E-state index in [0.717, 1.165) is 49.9 Å². The van der Waals surface area contributed by atoms with Gasteiger partial charge in [-0.2, -0.15) is 5.26 Å². The summed E-state index contributed by atoms with van der Waals surface area (Å²) in [6.45, 7) is 9.05. The summed E-state index contributed by atoms with van der Waals surface area (Å²) in [4.78, 5) is 16.3. The van der Waals surface area contributed by atoms with Gasteiger partial charge in [-0.05, 0) is 42.2 Å². The maximum Gasteiger partial charge on any atom is 0.338 e. The Bertz CT molecular complexity index is 1120. The Morgan fingerprint density at radius 2 is 1.85 bits per heavy atom. The highest BCUT2D eigenvalue weighted by Crippen LogP contribution is 2.31. The number of aliphatic hydroxyl groups excluding tert-OH is 1. The molecule has 0 saturated carbocycles. The first kappa shape index (κ1) is 24.1. The zero-order valence-electron chi connectivity index (χ0n) is 19.8. The van der Waals surface area contributed by atoms with Crippen LogP contribution in [0.4, 0.5) is 4.39 Å². The highest BCUT2D eigenvalue weighted by atomic mass is 19.1. The predicted molar refractivity (Wildman–Crippen MR) is 124 cm³/mol. The van der Waals surface area contributed by atoms with Crippen LogP contribution in [0.2, 0.25) is 0 Å². The second kappa shape index (κ2) is 10.1. The molecule has 1 N–H and O–H groups in total. The minimum atomic E-state index is -1.01. The lowest BCUT2D eigenvalue weighted by Crippen LogP contribution is -2.48. The highest BCUT2D eigenvalue weighted by molar-refractivity contribution is 5.94. The van der Waals surface area contributed by atoms with Gasteiger partial charge in [-0.1, -0.05) is 13.0 Å². The number of rotatable bonds is 7. The van der Waals surface area contributed by atoms with E-state index in [2.05, 4.69) is 23.6 Å². The van der Waals surface area contributed by atoms with Crippen LogP contribution in [0.25, 0.3) is 0 Å². The van der Waals surface area contributed by atoms with E-state index in [-0.39, 0.29) is 22.8 Å². The number of hydrogen-bond acceptors (Lipinski definition) is 7. The fraction of sp³-hybridized carbons (Fsp3) is 0.462. The number of carbonyl (C=O) groups is 1. The molecule has 0 spiro atoms. The van der Waals surface area contributed by atoms with Crippen LogP contribution in [-0.2, 0) is 11.3 Å². The van der Waals surface area contributed by atoms with Gasteiger partial charge in [-0.3, -0.25) is 4.90 Å². The van der Waals surface area contributed by atoms with Crippen molar-refractivity contribution < 1.29 is 23.8 Å². The molecule has 2 aliphatic heterocycles. The van der Waals surface area contributed by atoms with Crippen LogP contribution in [0, 0.1) is 24.1 Å².